The van der Waals surface area contributed by atoms with Crippen molar-refractivity contribution >= 4 is 11.6 Å². The van der Waals surface area contributed by atoms with Gasteiger partial charge in [-0.3, -0.25) is 4.79 Å². The highest BCUT2D eigenvalue weighted by atomic mass is 19.1. The van der Waals surface area contributed by atoms with E-state index in [0.717, 1.165) is 30.6 Å². The molecule has 2 rings (SSSR count). The van der Waals surface area contributed by atoms with Gasteiger partial charge in [-0.2, -0.15) is 0 Å². The van der Waals surface area contributed by atoms with E-state index in [9.17, 15) is 9.18 Å². The topological polar surface area (TPSA) is 58.4 Å². The Morgan fingerprint density at radius 2 is 2.32 bits per heavy atom. The highest BCUT2D eigenvalue weighted by Gasteiger charge is 2.24. The molecule has 104 valence electrons. The molecule has 0 bridgehead atoms. The van der Waals surface area contributed by atoms with E-state index in [4.69, 9.17) is 5.73 Å². The number of halogens is 1. The van der Waals surface area contributed by atoms with Gasteiger partial charge in [0.1, 0.15) is 5.82 Å². The summed E-state index contributed by atoms with van der Waals surface area (Å²) in [6.07, 6.45) is 1.73. The second-order valence-electron chi connectivity index (χ2n) is 5.04. The van der Waals surface area contributed by atoms with Crippen molar-refractivity contribution in [2.75, 3.05) is 25.0 Å². The molecule has 1 aromatic carbocycles. The number of anilines is 1. The molecule has 1 saturated heterocycles. The molecule has 1 aliphatic rings. The molecular weight excluding hydrogens is 245 g/mol. The minimum Gasteiger partial charge on any atom is -0.371 e. The molecule has 1 heterocycles. The van der Waals surface area contributed by atoms with Crippen LogP contribution in [0.25, 0.3) is 0 Å². The van der Waals surface area contributed by atoms with Gasteiger partial charge in [0, 0.05) is 25.3 Å². The second kappa shape index (κ2) is 6.02. The molecule has 1 amide bonds. The van der Waals surface area contributed by atoms with E-state index in [2.05, 4.69) is 5.32 Å². The van der Waals surface area contributed by atoms with E-state index in [-0.39, 0.29) is 17.6 Å². The summed E-state index contributed by atoms with van der Waals surface area (Å²) >= 11 is 0. The number of nitrogens with zero attached hydrogens (tertiary/aromatic N) is 1. The summed E-state index contributed by atoms with van der Waals surface area (Å²) in [5, 5.41) is 3.01. The zero-order valence-electron chi connectivity index (χ0n) is 11.2. The van der Waals surface area contributed by atoms with Gasteiger partial charge in [-0.1, -0.05) is 0 Å². The third-order valence-corrected chi connectivity index (χ3v) is 3.51. The zero-order valence-corrected chi connectivity index (χ0v) is 11.2. The zero-order chi connectivity index (χ0) is 13.8. The van der Waals surface area contributed by atoms with Crippen LogP contribution in [0.5, 0.6) is 0 Å². The lowest BCUT2D eigenvalue weighted by molar-refractivity contribution is -0.122. The van der Waals surface area contributed by atoms with Crippen molar-refractivity contribution in [1.29, 1.82) is 0 Å². The van der Waals surface area contributed by atoms with Crippen LogP contribution in [-0.4, -0.2) is 26.0 Å². The first-order chi connectivity index (χ1) is 9.10. The molecule has 3 N–H and O–H groups in total. The number of carbonyl (C=O) groups excluding carboxylic acids is 1. The predicted octanol–water partition coefficient (Wildman–Crippen LogP) is 1.25. The van der Waals surface area contributed by atoms with Crippen molar-refractivity contribution in [1.82, 2.24) is 5.32 Å². The fourth-order valence-corrected chi connectivity index (χ4v) is 2.57. The molecule has 0 saturated carbocycles. The number of nitrogens with one attached hydrogen (secondary N) is 1. The van der Waals surface area contributed by atoms with Gasteiger partial charge >= 0.3 is 0 Å². The van der Waals surface area contributed by atoms with Gasteiger partial charge in [0.15, 0.2) is 0 Å². The average molecular weight is 265 g/mol. The van der Waals surface area contributed by atoms with Crippen molar-refractivity contribution in [3.8, 4) is 0 Å². The molecule has 1 aliphatic heterocycles. The molecule has 0 spiro atoms. The van der Waals surface area contributed by atoms with E-state index in [1.165, 1.54) is 12.1 Å². The van der Waals surface area contributed by atoms with Crippen LogP contribution in [-0.2, 0) is 11.3 Å². The Balaban J connectivity index is 2.18. The molecule has 1 aromatic rings. The Hall–Kier alpha value is -1.62. The number of rotatable bonds is 4. The average Bonchev–Trinajstić information content (AvgIpc) is 2.38. The third-order valence-electron chi connectivity index (χ3n) is 3.51. The smallest absolute Gasteiger partial charge is 0.222 e. The molecular formula is C14H20FN3O. The second-order valence-corrected chi connectivity index (χ2v) is 5.04. The van der Waals surface area contributed by atoms with E-state index in [1.807, 2.05) is 18.0 Å². The standard InChI is InChI=1S/C14H20FN3O/c1-17-8-10-5-12(15)7-13(6-10)18-4-2-3-11(9-18)14(16)19/h5-7,11,17H,2-4,8-9H2,1H3,(H2,16,19). The van der Waals surface area contributed by atoms with Gasteiger partial charge in [0.2, 0.25) is 5.91 Å². The van der Waals surface area contributed by atoms with E-state index in [0.29, 0.717) is 13.1 Å². The lowest BCUT2D eigenvalue weighted by atomic mass is 9.97. The Labute approximate surface area is 112 Å². The molecule has 1 atom stereocenters. The number of nitrogens with two attached hydrogens (primary N) is 1. The number of hydrogen-bond donors (Lipinski definition) is 2. The first-order valence-electron chi connectivity index (χ1n) is 6.58. The number of primary amides is 1. The monoisotopic (exact) mass is 265 g/mol. The van der Waals surface area contributed by atoms with Gasteiger partial charge in [0.05, 0.1) is 5.92 Å². The largest absolute Gasteiger partial charge is 0.371 e. The van der Waals surface area contributed by atoms with Crippen LogP contribution >= 0.6 is 0 Å². The van der Waals surface area contributed by atoms with Crippen molar-refractivity contribution in [3.63, 3.8) is 0 Å². The van der Waals surface area contributed by atoms with Crippen LogP contribution in [0, 0.1) is 11.7 Å². The molecule has 4 nitrogen and oxygen atoms in total. The Morgan fingerprint density at radius 3 is 3.00 bits per heavy atom. The van der Waals surface area contributed by atoms with Crippen LogP contribution in [0.3, 0.4) is 0 Å². The van der Waals surface area contributed by atoms with Crippen molar-refractivity contribution in [2.45, 2.75) is 19.4 Å². The van der Waals surface area contributed by atoms with Crippen molar-refractivity contribution < 1.29 is 9.18 Å². The normalized spacial score (nSPS) is 19.5. The maximum Gasteiger partial charge on any atom is 0.222 e. The molecule has 5 heteroatoms. The highest BCUT2D eigenvalue weighted by molar-refractivity contribution is 5.77. The quantitative estimate of drug-likeness (QED) is 0.861. The molecule has 0 aromatic heterocycles. The molecule has 0 radical (unpaired) electrons. The summed E-state index contributed by atoms with van der Waals surface area (Å²) in [6, 6.07) is 5.00. The third kappa shape index (κ3) is 3.44. The molecule has 1 unspecified atom stereocenters. The van der Waals surface area contributed by atoms with Gasteiger partial charge in [-0.05, 0) is 43.7 Å². The van der Waals surface area contributed by atoms with Crippen LogP contribution in [0.4, 0.5) is 10.1 Å². The lowest BCUT2D eigenvalue weighted by Crippen LogP contribution is -2.41. The van der Waals surface area contributed by atoms with E-state index in [1.54, 1.807) is 0 Å². The number of amides is 1. The Kier molecular flexibility index (Phi) is 4.37. The first kappa shape index (κ1) is 13.8. The predicted molar refractivity (Wildman–Crippen MR) is 73.3 cm³/mol. The molecule has 0 aliphatic carbocycles. The Bertz CT molecular complexity index is 464. The minimum atomic E-state index is -0.267. The van der Waals surface area contributed by atoms with Gasteiger partial charge in [0.25, 0.3) is 0 Å². The maximum atomic E-state index is 13.6. The minimum absolute atomic E-state index is 0.134. The number of hydrogen-bond acceptors (Lipinski definition) is 3. The van der Waals surface area contributed by atoms with Crippen LogP contribution in [0.2, 0.25) is 0 Å². The fraction of sp³-hybridized carbons (Fsp3) is 0.500. The summed E-state index contributed by atoms with van der Waals surface area (Å²) in [4.78, 5) is 13.3. The summed E-state index contributed by atoms with van der Waals surface area (Å²) in [7, 11) is 1.83. The van der Waals surface area contributed by atoms with Crippen molar-refractivity contribution in [2.24, 2.45) is 11.7 Å². The Morgan fingerprint density at radius 1 is 1.53 bits per heavy atom. The summed E-state index contributed by atoms with van der Waals surface area (Å²) in [5.41, 5.74) is 7.10. The molecule has 1 fully saturated rings. The first-order valence-corrected chi connectivity index (χ1v) is 6.58. The maximum absolute atomic E-state index is 13.6. The number of piperidine rings is 1. The fourth-order valence-electron chi connectivity index (χ4n) is 2.57. The molecule has 19 heavy (non-hydrogen) atoms. The summed E-state index contributed by atoms with van der Waals surface area (Å²) < 4.78 is 13.6. The van der Waals surface area contributed by atoms with Crippen LogP contribution in [0.1, 0.15) is 18.4 Å². The summed E-state index contributed by atoms with van der Waals surface area (Å²) in [6.45, 7) is 2.04. The number of carbonyl (C=O) groups is 1. The lowest BCUT2D eigenvalue weighted by Gasteiger charge is -2.33. The summed E-state index contributed by atoms with van der Waals surface area (Å²) in [5.74, 6) is -0.648. The van der Waals surface area contributed by atoms with Crippen LogP contribution < -0.4 is 16.0 Å². The van der Waals surface area contributed by atoms with Gasteiger partial charge in [-0.15, -0.1) is 0 Å². The van der Waals surface area contributed by atoms with Gasteiger partial charge in [-0.25, -0.2) is 4.39 Å². The van der Waals surface area contributed by atoms with Crippen molar-refractivity contribution in [3.05, 3.63) is 29.6 Å². The SMILES string of the molecule is CNCc1cc(F)cc(N2CCCC(C(N)=O)C2)c1. The van der Waals surface area contributed by atoms with E-state index >= 15 is 0 Å². The van der Waals surface area contributed by atoms with Crippen LogP contribution in [0.15, 0.2) is 18.2 Å². The van der Waals surface area contributed by atoms with Gasteiger partial charge < -0.3 is 16.0 Å². The van der Waals surface area contributed by atoms with E-state index < -0.39 is 0 Å². The number of benzene rings is 1. The highest BCUT2D eigenvalue weighted by Crippen LogP contribution is 2.25.